The van der Waals surface area contributed by atoms with Gasteiger partial charge in [-0.1, -0.05) is 297 Å². The third-order valence-corrected chi connectivity index (χ3v) is 13.3. The van der Waals surface area contributed by atoms with E-state index in [1.165, 1.54) is 154 Å². The van der Waals surface area contributed by atoms with E-state index >= 15 is 0 Å². The molecular formula is C69H116O6. The predicted octanol–water partition coefficient (Wildman–Crippen LogP) is 21.4. The molecule has 0 bridgehead atoms. The summed E-state index contributed by atoms with van der Waals surface area (Å²) in [6, 6.07) is 0. The molecule has 0 aliphatic rings. The van der Waals surface area contributed by atoms with Crippen molar-refractivity contribution in [3.8, 4) is 0 Å². The SMILES string of the molecule is CC/C=C\C/C=C\C/C=C\C/C=C\C/C=C\CC(=O)OC(COC(=O)CCCCCCCCCCCCCCC)COC(=O)CCCCCCCCCCCCCCCCCC/C=C\C/C=C\C/C=C\C/C=C\CC. The van der Waals surface area contributed by atoms with E-state index in [0.29, 0.717) is 12.8 Å². The fourth-order valence-corrected chi connectivity index (χ4v) is 8.69. The van der Waals surface area contributed by atoms with Gasteiger partial charge in [0.1, 0.15) is 13.2 Å². The van der Waals surface area contributed by atoms with Gasteiger partial charge in [-0.25, -0.2) is 0 Å². The lowest BCUT2D eigenvalue weighted by Crippen LogP contribution is -2.30. The predicted molar refractivity (Wildman–Crippen MR) is 325 cm³/mol. The number of unbranched alkanes of at least 4 members (excludes halogenated alkanes) is 28. The first-order valence-electron chi connectivity index (χ1n) is 31.4. The zero-order chi connectivity index (χ0) is 54.3. The molecule has 0 radical (unpaired) electrons. The maximum atomic E-state index is 12.8. The van der Waals surface area contributed by atoms with E-state index < -0.39 is 12.1 Å². The Morgan fingerprint density at radius 3 is 0.880 bits per heavy atom. The molecule has 0 rings (SSSR count). The van der Waals surface area contributed by atoms with Crippen molar-refractivity contribution in [3.05, 3.63) is 109 Å². The summed E-state index contributed by atoms with van der Waals surface area (Å²) in [5.41, 5.74) is 0. The van der Waals surface area contributed by atoms with Crippen molar-refractivity contribution in [2.24, 2.45) is 0 Å². The Kier molecular flexibility index (Phi) is 59.3. The van der Waals surface area contributed by atoms with E-state index in [-0.39, 0.29) is 31.6 Å². The molecule has 0 amide bonds. The number of hydrogen-bond donors (Lipinski definition) is 0. The van der Waals surface area contributed by atoms with Crippen LogP contribution in [0, 0.1) is 0 Å². The summed E-state index contributed by atoms with van der Waals surface area (Å²) in [5.74, 6) is -1.04. The van der Waals surface area contributed by atoms with Gasteiger partial charge in [0.15, 0.2) is 6.10 Å². The third kappa shape index (κ3) is 60.8. The van der Waals surface area contributed by atoms with Gasteiger partial charge in [0.2, 0.25) is 0 Å². The monoisotopic (exact) mass is 1040 g/mol. The first kappa shape index (κ1) is 71.1. The Balaban J connectivity index is 4.28. The van der Waals surface area contributed by atoms with Gasteiger partial charge in [0.25, 0.3) is 0 Å². The molecule has 0 fully saturated rings. The van der Waals surface area contributed by atoms with Gasteiger partial charge in [0.05, 0.1) is 6.42 Å². The van der Waals surface area contributed by atoms with E-state index in [1.807, 2.05) is 6.08 Å². The number of carbonyl (C=O) groups excluding carboxylic acids is 3. The second-order valence-electron chi connectivity index (χ2n) is 20.6. The average molecular weight is 1040 g/mol. The van der Waals surface area contributed by atoms with E-state index in [1.54, 1.807) is 6.08 Å². The van der Waals surface area contributed by atoms with Crippen LogP contribution in [-0.4, -0.2) is 37.2 Å². The number of allylic oxidation sites excluding steroid dienone is 17. The maximum absolute atomic E-state index is 12.8. The molecular weight excluding hydrogens is 925 g/mol. The molecule has 6 nitrogen and oxygen atoms in total. The summed E-state index contributed by atoms with van der Waals surface area (Å²) in [5, 5.41) is 0. The lowest BCUT2D eigenvalue weighted by atomic mass is 10.0. The molecule has 0 aromatic carbocycles. The minimum atomic E-state index is -0.831. The normalized spacial score (nSPS) is 12.8. The van der Waals surface area contributed by atoms with Gasteiger partial charge >= 0.3 is 17.9 Å². The summed E-state index contributed by atoms with van der Waals surface area (Å²) in [6.45, 7) is 6.35. The highest BCUT2D eigenvalue weighted by Crippen LogP contribution is 2.16. The molecule has 0 spiro atoms. The molecule has 0 N–H and O–H groups in total. The molecule has 0 aromatic rings. The third-order valence-electron chi connectivity index (χ3n) is 13.3. The number of carbonyl (C=O) groups is 3. The van der Waals surface area contributed by atoms with E-state index in [0.717, 1.165) is 96.3 Å². The second-order valence-corrected chi connectivity index (χ2v) is 20.6. The topological polar surface area (TPSA) is 78.9 Å². The van der Waals surface area contributed by atoms with Crippen molar-refractivity contribution in [1.82, 2.24) is 0 Å². The fraction of sp³-hybridized carbons (Fsp3) is 0.696. The summed E-state index contributed by atoms with van der Waals surface area (Å²) in [4.78, 5) is 38.1. The number of esters is 3. The molecule has 0 heterocycles. The zero-order valence-electron chi connectivity index (χ0n) is 49.0. The molecule has 0 aliphatic heterocycles. The highest BCUT2D eigenvalue weighted by atomic mass is 16.6. The quantitative estimate of drug-likeness (QED) is 0.0261. The lowest BCUT2D eigenvalue weighted by Gasteiger charge is -2.18. The minimum Gasteiger partial charge on any atom is -0.462 e. The lowest BCUT2D eigenvalue weighted by molar-refractivity contribution is -0.166. The van der Waals surface area contributed by atoms with Gasteiger partial charge in [-0.05, 0) is 83.5 Å². The molecule has 0 aliphatic carbocycles. The van der Waals surface area contributed by atoms with Gasteiger partial charge in [-0.2, -0.15) is 0 Å². The number of hydrogen-bond acceptors (Lipinski definition) is 6. The van der Waals surface area contributed by atoms with Crippen molar-refractivity contribution in [1.29, 1.82) is 0 Å². The molecule has 1 unspecified atom stereocenters. The van der Waals surface area contributed by atoms with Crippen LogP contribution in [0.2, 0.25) is 0 Å². The fourth-order valence-electron chi connectivity index (χ4n) is 8.69. The zero-order valence-corrected chi connectivity index (χ0v) is 49.0. The Labute approximate surface area is 463 Å². The van der Waals surface area contributed by atoms with Crippen LogP contribution in [0.5, 0.6) is 0 Å². The van der Waals surface area contributed by atoms with E-state index in [2.05, 4.69) is 118 Å². The van der Waals surface area contributed by atoms with E-state index in [4.69, 9.17) is 14.2 Å². The Morgan fingerprint density at radius 2 is 0.560 bits per heavy atom. The molecule has 75 heavy (non-hydrogen) atoms. The first-order chi connectivity index (χ1) is 37.0. The Hall–Kier alpha value is -3.93. The van der Waals surface area contributed by atoms with Crippen molar-refractivity contribution in [3.63, 3.8) is 0 Å². The highest BCUT2D eigenvalue weighted by molar-refractivity contribution is 5.72. The number of rotatable bonds is 56. The highest BCUT2D eigenvalue weighted by Gasteiger charge is 2.19. The van der Waals surface area contributed by atoms with Gasteiger partial charge in [-0.15, -0.1) is 0 Å². The minimum absolute atomic E-state index is 0.0974. The van der Waals surface area contributed by atoms with Crippen LogP contribution in [0.25, 0.3) is 0 Å². The maximum Gasteiger partial charge on any atom is 0.310 e. The van der Waals surface area contributed by atoms with E-state index in [9.17, 15) is 14.4 Å². The van der Waals surface area contributed by atoms with Crippen molar-refractivity contribution >= 4 is 17.9 Å². The van der Waals surface area contributed by atoms with Crippen LogP contribution in [0.3, 0.4) is 0 Å². The summed E-state index contributed by atoms with van der Waals surface area (Å²) in [7, 11) is 0. The standard InChI is InChI=1S/C69H116O6/c1-4-7-10-13-16-19-22-25-27-28-29-30-31-32-33-34-35-36-37-38-39-40-42-44-47-50-53-56-59-62-68(71)74-65-66(64-73-67(70)61-58-55-52-49-46-43-24-21-18-15-12-9-6-3)75-69(72)63-60-57-54-51-48-45-41-26-23-20-17-14-11-8-5-2/h7-8,10-11,16-17,19-20,25-27,29-30,41,48,51,57,60,66H,4-6,9,12-15,18,21-24,28,31-40,42-47,49-50,52-56,58-59,61-65H2,1-3H3/b10-7-,11-8-,19-16-,20-17-,27-25-,30-29-,41-26-,51-48-,60-57-. The van der Waals surface area contributed by atoms with Crippen LogP contribution in [-0.2, 0) is 28.6 Å². The molecule has 1 atom stereocenters. The summed E-state index contributed by atoms with van der Waals surface area (Å²) < 4.78 is 16.8. The second kappa shape index (κ2) is 62.6. The molecule has 6 heteroatoms. The molecule has 0 aromatic heterocycles. The van der Waals surface area contributed by atoms with Crippen LogP contribution in [0.1, 0.15) is 290 Å². The summed E-state index contributed by atoms with van der Waals surface area (Å²) in [6.07, 6.45) is 85.6. The number of ether oxygens (including phenoxy) is 3. The van der Waals surface area contributed by atoms with Gasteiger partial charge < -0.3 is 14.2 Å². The van der Waals surface area contributed by atoms with Crippen LogP contribution < -0.4 is 0 Å². The summed E-state index contributed by atoms with van der Waals surface area (Å²) >= 11 is 0. The largest absolute Gasteiger partial charge is 0.462 e. The average Bonchev–Trinajstić information content (AvgIpc) is 3.41. The molecule has 0 saturated heterocycles. The van der Waals surface area contributed by atoms with Gasteiger partial charge in [0, 0.05) is 12.8 Å². The molecule has 0 saturated carbocycles. The van der Waals surface area contributed by atoms with Crippen molar-refractivity contribution in [2.45, 2.75) is 297 Å². The Bertz CT molecular complexity index is 1520. The van der Waals surface area contributed by atoms with Crippen LogP contribution >= 0.6 is 0 Å². The van der Waals surface area contributed by atoms with Gasteiger partial charge in [-0.3, -0.25) is 14.4 Å². The van der Waals surface area contributed by atoms with Crippen LogP contribution in [0.15, 0.2) is 109 Å². The van der Waals surface area contributed by atoms with Crippen molar-refractivity contribution < 1.29 is 28.6 Å². The van der Waals surface area contributed by atoms with Crippen molar-refractivity contribution in [2.75, 3.05) is 13.2 Å². The first-order valence-corrected chi connectivity index (χ1v) is 31.4. The smallest absolute Gasteiger partial charge is 0.310 e. The van der Waals surface area contributed by atoms with Crippen LogP contribution in [0.4, 0.5) is 0 Å². The Morgan fingerprint density at radius 1 is 0.293 bits per heavy atom. The molecule has 428 valence electrons.